The first kappa shape index (κ1) is 45.8. The second-order valence-corrected chi connectivity index (χ2v) is 21.3. The summed E-state index contributed by atoms with van der Waals surface area (Å²) in [7, 11) is -4.66. The van der Waals surface area contributed by atoms with Crippen LogP contribution in [0.15, 0.2) is 78.1 Å². The quantitative estimate of drug-likeness (QED) is 0.0645. The topological polar surface area (TPSA) is 205 Å². The van der Waals surface area contributed by atoms with E-state index in [9.17, 15) is 28.4 Å². The van der Waals surface area contributed by atoms with Gasteiger partial charge in [0.25, 0.3) is 15.9 Å². The molecule has 18 heteroatoms. The van der Waals surface area contributed by atoms with Crippen LogP contribution in [0, 0.1) is 21.4 Å². The predicted molar refractivity (Wildman–Crippen MR) is 252 cm³/mol. The molecule has 9 rings (SSSR count). The number of H-pyrrole nitrogens is 1. The van der Waals surface area contributed by atoms with E-state index in [1.54, 1.807) is 31.3 Å². The van der Waals surface area contributed by atoms with E-state index in [0.29, 0.717) is 54.0 Å². The van der Waals surface area contributed by atoms with Gasteiger partial charge in [0.2, 0.25) is 5.82 Å². The lowest BCUT2D eigenvalue weighted by molar-refractivity contribution is -0.384. The molecule has 0 radical (unpaired) electrons. The minimum absolute atomic E-state index is 0.0794. The highest BCUT2D eigenvalue weighted by molar-refractivity contribution is 7.90. The lowest BCUT2D eigenvalue weighted by Crippen LogP contribution is -2.58. The number of halogens is 1. The molecule has 350 valence electrons. The molecule has 3 aromatic heterocycles. The van der Waals surface area contributed by atoms with E-state index in [1.807, 2.05) is 0 Å². The predicted octanol–water partition coefficient (Wildman–Crippen LogP) is 8.73. The average Bonchev–Trinajstić information content (AvgIpc) is 3.66. The number of fused-ring (bicyclic) bond motifs is 1. The van der Waals surface area contributed by atoms with Crippen molar-refractivity contribution in [1.29, 1.82) is 0 Å². The largest absolute Gasteiger partial charge is 0.455 e. The molecule has 2 saturated heterocycles. The number of aliphatic hydroxyl groups is 1. The number of rotatable bonds is 13. The van der Waals surface area contributed by atoms with Crippen LogP contribution in [0.4, 0.5) is 17.2 Å². The van der Waals surface area contributed by atoms with Gasteiger partial charge in [-0.2, -0.15) is 0 Å². The second kappa shape index (κ2) is 18.4. The number of amides is 1. The van der Waals surface area contributed by atoms with Crippen molar-refractivity contribution in [3.8, 4) is 11.5 Å². The van der Waals surface area contributed by atoms with Crippen molar-refractivity contribution in [3.05, 3.63) is 105 Å². The molecule has 2 aromatic carbocycles. The van der Waals surface area contributed by atoms with E-state index in [4.69, 9.17) is 21.1 Å². The van der Waals surface area contributed by atoms with E-state index in [2.05, 4.69) is 72.9 Å². The minimum Gasteiger partial charge on any atom is -0.455 e. The minimum atomic E-state index is -4.66. The number of carbonyl (C=O) groups is 1. The molecule has 1 spiro atoms. The highest BCUT2D eigenvalue weighted by Gasteiger charge is 2.50. The fourth-order valence-corrected chi connectivity index (χ4v) is 11.6. The number of ether oxygens (including phenoxy) is 2. The summed E-state index contributed by atoms with van der Waals surface area (Å²) < 4.78 is 41.9. The zero-order chi connectivity index (χ0) is 46.4. The molecule has 66 heavy (non-hydrogen) atoms. The molecule has 0 bridgehead atoms. The summed E-state index contributed by atoms with van der Waals surface area (Å²) in [6.07, 6.45) is 11.0. The maximum atomic E-state index is 14.0. The lowest BCUT2D eigenvalue weighted by Gasteiger charge is -2.57. The number of nitro groups is 1. The summed E-state index contributed by atoms with van der Waals surface area (Å²) in [4.78, 5) is 41.3. The van der Waals surface area contributed by atoms with Crippen molar-refractivity contribution >= 4 is 55.8 Å². The zero-order valence-corrected chi connectivity index (χ0v) is 39.0. The lowest BCUT2D eigenvalue weighted by atomic mass is 9.59. The molecule has 5 heterocycles. The van der Waals surface area contributed by atoms with E-state index in [1.165, 1.54) is 23.4 Å². The van der Waals surface area contributed by atoms with E-state index in [-0.39, 0.29) is 40.3 Å². The van der Waals surface area contributed by atoms with Gasteiger partial charge in [0, 0.05) is 61.6 Å². The van der Waals surface area contributed by atoms with Crippen LogP contribution < -0.4 is 19.7 Å². The SMILES string of the molecule is CC(C)c1ccccc1[C@@H]1COCCN1C1CC2(CCN(c3ccc(C(=O)NS(=O)(=O)c4cnc(NC[C@H]5CC[C@](C)(O)CC5)c([N+](=O)[O-])c4)c(Oc4cnc5[nH]cc(Cl)c5c4)c3)CC2)C1. The van der Waals surface area contributed by atoms with Gasteiger partial charge in [0.1, 0.15) is 22.0 Å². The Labute approximate surface area is 389 Å². The van der Waals surface area contributed by atoms with Crippen molar-refractivity contribution in [1.82, 2.24) is 24.6 Å². The van der Waals surface area contributed by atoms with Crippen molar-refractivity contribution < 1.29 is 32.7 Å². The summed E-state index contributed by atoms with van der Waals surface area (Å²) >= 11 is 6.40. The van der Waals surface area contributed by atoms with Crippen LogP contribution >= 0.6 is 11.6 Å². The second-order valence-electron chi connectivity index (χ2n) is 19.2. The molecule has 2 aliphatic heterocycles. The maximum Gasteiger partial charge on any atom is 0.312 e. The molecule has 2 aliphatic carbocycles. The zero-order valence-electron chi connectivity index (χ0n) is 37.5. The first-order valence-corrected chi connectivity index (χ1v) is 24.7. The number of nitrogens with zero attached hydrogens (tertiary/aromatic N) is 5. The van der Waals surface area contributed by atoms with Gasteiger partial charge >= 0.3 is 5.69 Å². The van der Waals surface area contributed by atoms with Gasteiger partial charge in [-0.1, -0.05) is 49.7 Å². The number of nitrogens with one attached hydrogen (secondary N) is 3. The number of carbonyl (C=O) groups excluding carboxylic acids is 1. The highest BCUT2D eigenvalue weighted by Crippen LogP contribution is 2.53. The summed E-state index contributed by atoms with van der Waals surface area (Å²) in [5.74, 6) is -0.142. The Morgan fingerprint density at radius 2 is 1.82 bits per heavy atom. The first-order chi connectivity index (χ1) is 31.6. The van der Waals surface area contributed by atoms with Gasteiger partial charge in [-0.15, -0.1) is 0 Å². The van der Waals surface area contributed by atoms with Crippen molar-refractivity contribution in [2.45, 2.75) is 101 Å². The molecule has 5 aromatic rings. The summed E-state index contributed by atoms with van der Waals surface area (Å²) in [6, 6.07) is 17.1. The van der Waals surface area contributed by atoms with E-state index < -0.39 is 37.0 Å². The Morgan fingerprint density at radius 3 is 2.56 bits per heavy atom. The Balaban J connectivity index is 0.907. The third-order valence-corrected chi connectivity index (χ3v) is 16.0. The summed E-state index contributed by atoms with van der Waals surface area (Å²) in [5.41, 5.74) is 2.98. The number of pyridine rings is 2. The summed E-state index contributed by atoms with van der Waals surface area (Å²) in [6.45, 7) is 10.6. The van der Waals surface area contributed by atoms with Gasteiger partial charge in [-0.3, -0.25) is 19.8 Å². The maximum absolute atomic E-state index is 14.0. The number of aromatic nitrogens is 3. The molecule has 0 unspecified atom stereocenters. The van der Waals surface area contributed by atoms with Crippen LogP contribution in [-0.4, -0.2) is 95.2 Å². The molecule has 4 aliphatic rings. The van der Waals surface area contributed by atoms with Crippen molar-refractivity contribution in [3.63, 3.8) is 0 Å². The van der Waals surface area contributed by atoms with Gasteiger partial charge < -0.3 is 29.8 Å². The molecule has 16 nitrogen and oxygen atoms in total. The van der Waals surface area contributed by atoms with E-state index in [0.717, 1.165) is 82.7 Å². The standard InChI is InChI=1S/C48H57ClN8O8S/c1-30(2)36-6-4-5-7-37(36)42-29-64-19-18-56(42)33-23-48(24-33)14-16-55(17-15-48)32-8-9-38(43(20-32)65-34-21-39-40(49)28-53-44(39)51-26-34)46(58)54-66(62,63)35-22-41(57(60)61)45(52-27-35)50-25-31-10-12-47(3,59)13-11-31/h4-9,20-22,26-28,30-31,33,42,59H,10-19,23-25,29H2,1-3H3,(H,50,52)(H,51,53)(H,54,58)/t31-,42-,47-/m0/s1. The monoisotopic (exact) mass is 940 g/mol. The van der Waals surface area contributed by atoms with Crippen molar-refractivity contribution in [2.75, 3.05) is 49.6 Å². The van der Waals surface area contributed by atoms with E-state index >= 15 is 0 Å². The van der Waals surface area contributed by atoms with Crippen LogP contribution in [0.5, 0.6) is 11.5 Å². The Bertz CT molecular complexity index is 2720. The Kier molecular flexibility index (Phi) is 12.8. The number of anilines is 2. The van der Waals surface area contributed by atoms with Crippen LogP contribution in [0.2, 0.25) is 5.02 Å². The number of hydrogen-bond acceptors (Lipinski definition) is 13. The van der Waals surface area contributed by atoms with Crippen LogP contribution in [0.1, 0.15) is 106 Å². The average molecular weight is 942 g/mol. The van der Waals surface area contributed by atoms with Gasteiger partial charge in [-0.05, 0) is 105 Å². The smallest absolute Gasteiger partial charge is 0.312 e. The fraction of sp³-hybridized carbons (Fsp3) is 0.479. The molecule has 4 fully saturated rings. The summed E-state index contributed by atoms with van der Waals surface area (Å²) in [5, 5.41) is 26.5. The molecular weight excluding hydrogens is 884 g/mol. The normalized spacial score (nSPS) is 22.6. The Morgan fingerprint density at radius 1 is 1.06 bits per heavy atom. The number of morpholine rings is 1. The number of hydrogen-bond donors (Lipinski definition) is 4. The molecule has 4 N–H and O–H groups in total. The van der Waals surface area contributed by atoms with Crippen LogP contribution in [0.25, 0.3) is 11.0 Å². The third kappa shape index (κ3) is 9.59. The van der Waals surface area contributed by atoms with Gasteiger partial charge in [0.15, 0.2) is 0 Å². The van der Waals surface area contributed by atoms with Crippen molar-refractivity contribution in [2.24, 2.45) is 11.3 Å². The molecule has 2 saturated carbocycles. The highest BCUT2D eigenvalue weighted by atomic mass is 35.5. The number of aromatic amines is 1. The first-order valence-electron chi connectivity index (χ1n) is 22.9. The Hall–Kier alpha value is -5.33. The number of piperidine rings is 1. The van der Waals surface area contributed by atoms with Crippen LogP contribution in [-0.2, 0) is 14.8 Å². The molecular formula is C48H57ClN8O8S. The number of benzene rings is 2. The molecule has 1 amide bonds. The van der Waals surface area contributed by atoms with Gasteiger partial charge in [-0.25, -0.2) is 23.1 Å². The molecule has 1 atom stereocenters. The number of sulfonamides is 1. The van der Waals surface area contributed by atoms with Gasteiger partial charge in [0.05, 0.1) is 52.8 Å². The third-order valence-electron chi connectivity index (χ3n) is 14.4. The van der Waals surface area contributed by atoms with Crippen LogP contribution in [0.3, 0.4) is 0 Å². The fourth-order valence-electron chi connectivity index (χ4n) is 10.4.